The highest BCUT2D eigenvalue weighted by molar-refractivity contribution is 6.17. The molecule has 0 fully saturated rings. The van der Waals surface area contributed by atoms with E-state index in [9.17, 15) is 10.5 Å². The number of aromatic nitrogens is 2. The molecule has 226 valence electrons. The van der Waals surface area contributed by atoms with Crippen molar-refractivity contribution in [3.8, 4) is 34.6 Å². The van der Waals surface area contributed by atoms with Crippen molar-refractivity contribution in [1.82, 2.24) is 9.13 Å². The van der Waals surface area contributed by atoms with Crippen LogP contribution in [0.25, 0.3) is 88.1 Å². The summed E-state index contributed by atoms with van der Waals surface area (Å²) in [5.74, 6) is 0. The molecule has 0 aliphatic carbocycles. The second-order valence-electron chi connectivity index (χ2n) is 12.4. The Labute approximate surface area is 280 Å². The minimum atomic E-state index is 0.536. The predicted molar refractivity (Wildman–Crippen MR) is 197 cm³/mol. The van der Waals surface area contributed by atoms with Gasteiger partial charge in [-0.1, -0.05) is 72.8 Å². The predicted octanol–water partition coefficient (Wildman–Crippen LogP) is 11.2. The summed E-state index contributed by atoms with van der Waals surface area (Å²) < 4.78 is 10.9. The van der Waals surface area contributed by atoms with Gasteiger partial charge in [-0.2, -0.15) is 10.5 Å². The highest BCUT2D eigenvalue weighted by Crippen LogP contribution is 2.40. The fourth-order valence-corrected chi connectivity index (χ4v) is 7.60. The molecule has 0 radical (unpaired) electrons. The van der Waals surface area contributed by atoms with Crippen LogP contribution in [0.4, 0.5) is 0 Å². The Morgan fingerprint density at radius 2 is 1.02 bits per heavy atom. The number of nitriles is 2. The molecule has 10 rings (SSSR count). The van der Waals surface area contributed by atoms with Gasteiger partial charge in [0, 0.05) is 43.7 Å². The van der Waals surface area contributed by atoms with Crippen molar-refractivity contribution in [1.29, 1.82) is 10.5 Å². The summed E-state index contributed by atoms with van der Waals surface area (Å²) in [5.41, 5.74) is 11.3. The average Bonchev–Trinajstić information content (AvgIpc) is 3.81. The molecule has 5 nitrogen and oxygen atoms in total. The van der Waals surface area contributed by atoms with Gasteiger partial charge in [-0.15, -0.1) is 0 Å². The summed E-state index contributed by atoms with van der Waals surface area (Å²) in [5, 5.41) is 25.7. The molecule has 10 aromatic rings. The monoisotopic (exact) mass is 624 g/mol. The number of para-hydroxylation sites is 3. The first-order valence-electron chi connectivity index (χ1n) is 16.1. The van der Waals surface area contributed by atoms with E-state index in [1.165, 1.54) is 0 Å². The van der Waals surface area contributed by atoms with Gasteiger partial charge in [-0.05, 0) is 83.9 Å². The fourth-order valence-electron chi connectivity index (χ4n) is 7.60. The summed E-state index contributed by atoms with van der Waals surface area (Å²) in [6.07, 6.45) is 0. The molecule has 5 heteroatoms. The normalized spacial score (nSPS) is 11.6. The third kappa shape index (κ3) is 3.91. The lowest BCUT2D eigenvalue weighted by Gasteiger charge is -2.13. The van der Waals surface area contributed by atoms with Crippen molar-refractivity contribution >= 4 is 65.6 Å². The molecule has 0 spiro atoms. The van der Waals surface area contributed by atoms with Crippen molar-refractivity contribution in [2.75, 3.05) is 0 Å². The van der Waals surface area contributed by atoms with Crippen LogP contribution in [0.3, 0.4) is 0 Å². The van der Waals surface area contributed by atoms with Gasteiger partial charge < -0.3 is 13.6 Å². The van der Waals surface area contributed by atoms with E-state index in [0.29, 0.717) is 16.7 Å². The van der Waals surface area contributed by atoms with Crippen LogP contribution in [-0.2, 0) is 0 Å². The minimum Gasteiger partial charge on any atom is -0.455 e. The van der Waals surface area contributed by atoms with Gasteiger partial charge in [0.15, 0.2) is 5.58 Å². The van der Waals surface area contributed by atoms with Crippen LogP contribution in [-0.4, -0.2) is 9.13 Å². The van der Waals surface area contributed by atoms with Crippen LogP contribution in [0, 0.1) is 22.7 Å². The second kappa shape index (κ2) is 10.2. The van der Waals surface area contributed by atoms with E-state index in [1.54, 1.807) is 6.07 Å². The lowest BCUT2D eigenvalue weighted by Crippen LogP contribution is -1.96. The number of hydrogen-bond donors (Lipinski definition) is 0. The summed E-state index contributed by atoms with van der Waals surface area (Å²) in [4.78, 5) is 0. The topological polar surface area (TPSA) is 70.6 Å². The van der Waals surface area contributed by atoms with Crippen LogP contribution < -0.4 is 0 Å². The summed E-state index contributed by atoms with van der Waals surface area (Å²) in [6.45, 7) is 0. The summed E-state index contributed by atoms with van der Waals surface area (Å²) in [6, 6.07) is 54.7. The highest BCUT2D eigenvalue weighted by Gasteiger charge is 2.18. The van der Waals surface area contributed by atoms with Gasteiger partial charge in [0.2, 0.25) is 0 Å². The quantitative estimate of drug-likeness (QED) is 0.196. The zero-order chi connectivity index (χ0) is 32.6. The number of rotatable bonds is 3. The molecule has 0 saturated heterocycles. The Kier molecular flexibility index (Phi) is 5.64. The third-order valence-corrected chi connectivity index (χ3v) is 9.76. The molecule has 0 amide bonds. The molecular formula is C44H24N4O. The number of fused-ring (bicyclic) bond motifs is 9. The molecular weight excluding hydrogens is 601 g/mol. The number of furan rings is 1. The first kappa shape index (κ1) is 27.1. The molecule has 0 aliphatic heterocycles. The van der Waals surface area contributed by atoms with Crippen LogP contribution >= 0.6 is 0 Å². The molecule has 0 bridgehead atoms. The number of benzene rings is 7. The third-order valence-electron chi connectivity index (χ3n) is 9.76. The first-order chi connectivity index (χ1) is 24.2. The Bertz CT molecular complexity index is 3090. The Morgan fingerprint density at radius 3 is 1.69 bits per heavy atom. The van der Waals surface area contributed by atoms with Crippen molar-refractivity contribution in [3.63, 3.8) is 0 Å². The maximum absolute atomic E-state index is 9.72. The largest absolute Gasteiger partial charge is 0.455 e. The Balaban J connectivity index is 1.17. The number of hydrogen-bond acceptors (Lipinski definition) is 3. The average molecular weight is 625 g/mol. The lowest BCUT2D eigenvalue weighted by atomic mass is 10.0. The van der Waals surface area contributed by atoms with Gasteiger partial charge in [0.25, 0.3) is 0 Å². The molecule has 49 heavy (non-hydrogen) atoms. The van der Waals surface area contributed by atoms with E-state index in [2.05, 4.69) is 124 Å². The smallest absolute Gasteiger partial charge is 0.153 e. The van der Waals surface area contributed by atoms with E-state index < -0.39 is 0 Å². The first-order valence-corrected chi connectivity index (χ1v) is 16.1. The Morgan fingerprint density at radius 1 is 0.429 bits per heavy atom. The summed E-state index contributed by atoms with van der Waals surface area (Å²) >= 11 is 0. The fraction of sp³-hybridized carbons (Fsp3) is 0. The van der Waals surface area contributed by atoms with Crippen LogP contribution in [0.2, 0.25) is 0 Å². The van der Waals surface area contributed by atoms with E-state index in [0.717, 1.165) is 82.5 Å². The zero-order valence-electron chi connectivity index (χ0n) is 26.1. The molecule has 0 unspecified atom stereocenters. The summed E-state index contributed by atoms with van der Waals surface area (Å²) in [7, 11) is 0. The molecule has 3 heterocycles. The van der Waals surface area contributed by atoms with E-state index in [4.69, 9.17) is 4.42 Å². The van der Waals surface area contributed by atoms with Crippen LogP contribution in [0.5, 0.6) is 0 Å². The van der Waals surface area contributed by atoms with E-state index in [-0.39, 0.29) is 0 Å². The molecule has 0 atom stereocenters. The van der Waals surface area contributed by atoms with E-state index in [1.807, 2.05) is 36.4 Å². The van der Waals surface area contributed by atoms with Gasteiger partial charge in [0.1, 0.15) is 11.7 Å². The SMILES string of the molecule is N#Cc1ccc2c(c1)c1ccccc1n2-c1cccc(-c2cccc(-n3c4ccccc4c4cc5oc6c(C#N)cccc6c5cc43)c2)c1. The van der Waals surface area contributed by atoms with Gasteiger partial charge in [0.05, 0.1) is 39.3 Å². The zero-order valence-corrected chi connectivity index (χ0v) is 26.1. The van der Waals surface area contributed by atoms with Gasteiger partial charge in [-0.3, -0.25) is 0 Å². The molecule has 7 aromatic carbocycles. The molecule has 3 aromatic heterocycles. The molecule has 0 saturated carbocycles. The number of nitrogens with zero attached hydrogens (tertiary/aromatic N) is 4. The van der Waals surface area contributed by atoms with E-state index >= 15 is 0 Å². The Hall–Kier alpha value is -7.08. The van der Waals surface area contributed by atoms with Crippen molar-refractivity contribution < 1.29 is 4.42 Å². The molecule has 0 aliphatic rings. The molecule has 0 N–H and O–H groups in total. The maximum atomic E-state index is 9.72. The minimum absolute atomic E-state index is 0.536. The van der Waals surface area contributed by atoms with Crippen molar-refractivity contribution in [3.05, 3.63) is 157 Å². The van der Waals surface area contributed by atoms with Gasteiger partial charge in [-0.25, -0.2) is 0 Å². The van der Waals surface area contributed by atoms with Gasteiger partial charge >= 0.3 is 0 Å². The van der Waals surface area contributed by atoms with Crippen molar-refractivity contribution in [2.24, 2.45) is 0 Å². The van der Waals surface area contributed by atoms with Crippen LogP contribution in [0.15, 0.2) is 150 Å². The second-order valence-corrected chi connectivity index (χ2v) is 12.4. The maximum Gasteiger partial charge on any atom is 0.153 e. The highest BCUT2D eigenvalue weighted by atomic mass is 16.3. The van der Waals surface area contributed by atoms with Crippen molar-refractivity contribution in [2.45, 2.75) is 0 Å². The van der Waals surface area contributed by atoms with Crippen LogP contribution in [0.1, 0.15) is 11.1 Å². The standard InChI is InChI=1S/C44H24N4O/c45-25-27-18-19-41-36(20-27)33-13-1-3-16-39(33)47(41)31-11-5-8-28(21-31)29-9-6-12-32(22-29)48-40-17-4-2-14-34(40)37-24-43-38(23-42(37)48)35-15-7-10-30(26-46)44(35)49-43/h1-24H. The lowest BCUT2D eigenvalue weighted by molar-refractivity contribution is 0.668.